The molecule has 0 heterocycles. The number of halogens is 1. The van der Waals surface area contributed by atoms with Crippen LogP contribution in [0, 0.1) is 0 Å². The zero-order valence-electron chi connectivity index (χ0n) is 11.5. The molecule has 1 aromatic carbocycles. The average molecular weight is 324 g/mol. The molecule has 1 amide bonds. The van der Waals surface area contributed by atoms with Gasteiger partial charge in [0.2, 0.25) is 0 Å². The third-order valence-corrected chi connectivity index (χ3v) is 2.65. The van der Waals surface area contributed by atoms with Crippen LogP contribution in [0.3, 0.4) is 0 Å². The van der Waals surface area contributed by atoms with Crippen molar-refractivity contribution in [2.24, 2.45) is 0 Å². The Labute approximate surface area is 151 Å². The molecular weight excluding hydrogens is 305 g/mol. The maximum absolute atomic E-state index is 11.8. The van der Waals surface area contributed by atoms with Crippen LogP contribution in [0.4, 0.5) is 0 Å². The van der Waals surface area contributed by atoms with E-state index in [2.05, 4.69) is 5.32 Å². The van der Waals surface area contributed by atoms with Gasteiger partial charge < -0.3 is 15.2 Å². The fraction of sp³-hybridized carbons (Fsp3) is 0.429. The SMILES string of the molecule is CC(C)OC(=O)CCCNC(=O)c1ccc(Cl)cc1O.[NaH]. The monoisotopic (exact) mass is 323 g/mol. The van der Waals surface area contributed by atoms with Crippen molar-refractivity contribution in [3.05, 3.63) is 28.8 Å². The molecule has 112 valence electrons. The van der Waals surface area contributed by atoms with Crippen LogP contribution in [-0.2, 0) is 9.53 Å². The molecule has 0 aromatic heterocycles. The number of amides is 1. The van der Waals surface area contributed by atoms with Gasteiger partial charge in [-0.3, -0.25) is 9.59 Å². The Morgan fingerprint density at radius 2 is 2.05 bits per heavy atom. The van der Waals surface area contributed by atoms with Gasteiger partial charge in [0.15, 0.2) is 0 Å². The summed E-state index contributed by atoms with van der Waals surface area (Å²) in [7, 11) is 0. The van der Waals surface area contributed by atoms with Crippen LogP contribution < -0.4 is 5.32 Å². The van der Waals surface area contributed by atoms with Gasteiger partial charge in [0.25, 0.3) is 5.91 Å². The Morgan fingerprint density at radius 1 is 1.38 bits per heavy atom. The van der Waals surface area contributed by atoms with Crippen LogP contribution in [0.1, 0.15) is 37.0 Å². The van der Waals surface area contributed by atoms with Crippen molar-refractivity contribution in [2.75, 3.05) is 6.54 Å². The maximum atomic E-state index is 11.8. The van der Waals surface area contributed by atoms with Crippen LogP contribution in [0.2, 0.25) is 5.02 Å². The summed E-state index contributed by atoms with van der Waals surface area (Å²) in [6.45, 7) is 3.89. The van der Waals surface area contributed by atoms with Gasteiger partial charge in [0, 0.05) is 18.0 Å². The van der Waals surface area contributed by atoms with Gasteiger partial charge in [-0.25, -0.2) is 0 Å². The summed E-state index contributed by atoms with van der Waals surface area (Å²) >= 11 is 5.68. The molecule has 0 aliphatic heterocycles. The van der Waals surface area contributed by atoms with Crippen LogP contribution >= 0.6 is 11.6 Å². The molecule has 0 bridgehead atoms. The molecule has 21 heavy (non-hydrogen) atoms. The summed E-state index contributed by atoms with van der Waals surface area (Å²) in [6.07, 6.45) is 0.583. The fourth-order valence-corrected chi connectivity index (χ4v) is 1.71. The van der Waals surface area contributed by atoms with E-state index in [4.69, 9.17) is 16.3 Å². The second kappa shape index (κ2) is 10.1. The molecule has 0 saturated heterocycles. The van der Waals surface area contributed by atoms with E-state index in [-0.39, 0.29) is 59.4 Å². The third kappa shape index (κ3) is 7.71. The Balaban J connectivity index is 0.00000400. The first-order chi connectivity index (χ1) is 9.40. The van der Waals surface area contributed by atoms with Gasteiger partial charge in [-0.2, -0.15) is 0 Å². The van der Waals surface area contributed by atoms with Gasteiger partial charge in [-0.15, -0.1) is 0 Å². The summed E-state index contributed by atoms with van der Waals surface area (Å²) < 4.78 is 4.97. The third-order valence-electron chi connectivity index (χ3n) is 2.41. The second-order valence-electron chi connectivity index (χ2n) is 4.56. The van der Waals surface area contributed by atoms with Crippen LogP contribution in [0.25, 0.3) is 0 Å². The molecule has 0 radical (unpaired) electrons. The molecule has 5 nitrogen and oxygen atoms in total. The van der Waals surface area contributed by atoms with Crippen molar-refractivity contribution in [3.63, 3.8) is 0 Å². The van der Waals surface area contributed by atoms with Crippen molar-refractivity contribution in [1.29, 1.82) is 0 Å². The first-order valence-electron chi connectivity index (χ1n) is 6.36. The van der Waals surface area contributed by atoms with Crippen LogP contribution in [0.15, 0.2) is 18.2 Å². The van der Waals surface area contributed by atoms with E-state index in [9.17, 15) is 14.7 Å². The molecule has 1 rings (SSSR count). The number of ether oxygens (including phenoxy) is 1. The first kappa shape index (κ1) is 20.2. The predicted octanol–water partition coefficient (Wildman–Crippen LogP) is 1.86. The molecule has 0 unspecified atom stereocenters. The standard InChI is InChI=1S/C14H18ClNO4.Na.H/c1-9(2)20-13(18)4-3-7-16-14(19)11-6-5-10(15)8-12(11)17;;/h5-6,8-9,17H,3-4,7H2,1-2H3,(H,16,19);;. The summed E-state index contributed by atoms with van der Waals surface area (Å²) in [5.74, 6) is -0.866. The minimum atomic E-state index is -0.406. The zero-order valence-corrected chi connectivity index (χ0v) is 12.2. The van der Waals surface area contributed by atoms with Crippen LogP contribution in [-0.4, -0.2) is 59.2 Å². The van der Waals surface area contributed by atoms with E-state index >= 15 is 0 Å². The number of benzene rings is 1. The van der Waals surface area contributed by atoms with Crippen molar-refractivity contribution < 1.29 is 19.4 Å². The number of hydrogen-bond acceptors (Lipinski definition) is 4. The molecule has 0 saturated carbocycles. The van der Waals surface area contributed by atoms with Crippen molar-refractivity contribution >= 4 is 53.0 Å². The topological polar surface area (TPSA) is 75.6 Å². The van der Waals surface area contributed by atoms with E-state index < -0.39 is 5.91 Å². The number of carbonyl (C=O) groups is 2. The fourth-order valence-electron chi connectivity index (χ4n) is 1.55. The van der Waals surface area contributed by atoms with E-state index in [1.165, 1.54) is 18.2 Å². The van der Waals surface area contributed by atoms with E-state index in [1.54, 1.807) is 13.8 Å². The average Bonchev–Trinajstić information content (AvgIpc) is 2.33. The second-order valence-corrected chi connectivity index (χ2v) is 5.00. The normalized spacial score (nSPS) is 9.90. The summed E-state index contributed by atoms with van der Waals surface area (Å²) in [5, 5.41) is 12.6. The Hall–Kier alpha value is -0.750. The molecule has 0 aliphatic rings. The van der Waals surface area contributed by atoms with E-state index in [0.717, 1.165) is 0 Å². The van der Waals surface area contributed by atoms with E-state index in [1.807, 2.05) is 0 Å². The van der Waals surface area contributed by atoms with Gasteiger partial charge in [-0.1, -0.05) is 11.6 Å². The number of nitrogens with one attached hydrogen (secondary N) is 1. The number of carbonyl (C=O) groups excluding carboxylic acids is 2. The van der Waals surface area contributed by atoms with Gasteiger partial charge in [0.1, 0.15) is 5.75 Å². The molecule has 0 spiro atoms. The van der Waals surface area contributed by atoms with Crippen molar-refractivity contribution in [1.82, 2.24) is 5.32 Å². The van der Waals surface area contributed by atoms with E-state index in [0.29, 0.717) is 18.0 Å². The summed E-state index contributed by atoms with van der Waals surface area (Å²) in [6, 6.07) is 4.27. The number of aromatic hydroxyl groups is 1. The van der Waals surface area contributed by atoms with Crippen molar-refractivity contribution in [3.8, 4) is 5.75 Å². The molecule has 0 atom stereocenters. The number of rotatable bonds is 6. The number of esters is 1. The van der Waals surface area contributed by atoms with Crippen molar-refractivity contribution in [2.45, 2.75) is 32.8 Å². The summed E-state index contributed by atoms with van der Waals surface area (Å²) in [4.78, 5) is 23.0. The Kier molecular flexibility index (Phi) is 9.70. The molecule has 1 aromatic rings. The predicted molar refractivity (Wildman–Crippen MR) is 83.1 cm³/mol. The molecule has 0 aliphatic carbocycles. The summed E-state index contributed by atoms with van der Waals surface area (Å²) in [5.41, 5.74) is 0.152. The van der Waals surface area contributed by atoms with Crippen LogP contribution in [0.5, 0.6) is 5.75 Å². The molecular formula is C14H19ClNNaO4. The van der Waals surface area contributed by atoms with Gasteiger partial charge >= 0.3 is 35.5 Å². The Morgan fingerprint density at radius 3 is 2.62 bits per heavy atom. The van der Waals surface area contributed by atoms with Gasteiger partial charge in [0.05, 0.1) is 11.7 Å². The minimum absolute atomic E-state index is 0. The van der Waals surface area contributed by atoms with Gasteiger partial charge in [-0.05, 0) is 38.5 Å². The number of phenols is 1. The number of phenolic OH excluding ortho intramolecular Hbond substituents is 1. The molecule has 2 N–H and O–H groups in total. The quantitative estimate of drug-likeness (QED) is 0.476. The molecule has 7 heteroatoms. The molecule has 0 fully saturated rings. The zero-order chi connectivity index (χ0) is 15.1. The Bertz CT molecular complexity index is 494. The first-order valence-corrected chi connectivity index (χ1v) is 6.74. The number of hydrogen-bond donors (Lipinski definition) is 2.